The minimum absolute atomic E-state index is 0.318. The second kappa shape index (κ2) is 5.72. The number of hydrogen-bond donors (Lipinski definition) is 0. The number of rotatable bonds is 3. The zero-order valence-corrected chi connectivity index (χ0v) is 13.6. The first kappa shape index (κ1) is 13.9. The molecule has 0 radical (unpaired) electrons. The van der Waals surface area contributed by atoms with Crippen molar-refractivity contribution in [3.63, 3.8) is 0 Å². The molecule has 2 heterocycles. The topological polar surface area (TPSA) is 25.8 Å². The summed E-state index contributed by atoms with van der Waals surface area (Å²) >= 11 is 9.40. The van der Waals surface area contributed by atoms with Crippen LogP contribution in [0.2, 0.25) is 5.28 Å². The van der Waals surface area contributed by atoms with Gasteiger partial charge in [-0.2, -0.15) is 0 Å². The summed E-state index contributed by atoms with van der Waals surface area (Å²) in [6, 6.07) is 10.5. The van der Waals surface area contributed by atoms with Gasteiger partial charge >= 0.3 is 0 Å². The third-order valence-electron chi connectivity index (χ3n) is 3.03. The van der Waals surface area contributed by atoms with Gasteiger partial charge in [0.1, 0.15) is 9.86 Å². The molecule has 102 valence electrons. The van der Waals surface area contributed by atoms with Crippen LogP contribution in [0.5, 0.6) is 0 Å². The van der Waals surface area contributed by atoms with Gasteiger partial charge in [0.05, 0.1) is 0 Å². The Bertz CT molecular complexity index is 768. The Balaban J connectivity index is 2.11. The van der Waals surface area contributed by atoms with E-state index in [9.17, 15) is 0 Å². The smallest absolute Gasteiger partial charge is 0.210 e. The fourth-order valence-electron chi connectivity index (χ4n) is 1.95. The molecule has 2 nitrogen and oxygen atoms in total. The molecule has 0 spiro atoms. The highest BCUT2D eigenvalue weighted by molar-refractivity contribution is 7.99. The first-order valence-electron chi connectivity index (χ1n) is 6.37. The standard InChI is InChI=1S/C15H13ClN2S2/c1-3-10-8-11-13(19-10)17-15(16)18-14(11)20-12-7-5-4-6-9(12)2/h4-8H,3H2,1-2H3. The minimum atomic E-state index is 0.318. The molecule has 0 saturated heterocycles. The molecule has 2 aromatic heterocycles. The summed E-state index contributed by atoms with van der Waals surface area (Å²) in [6.07, 6.45) is 1.01. The Kier molecular flexibility index (Phi) is 3.96. The van der Waals surface area contributed by atoms with Gasteiger partial charge in [0.2, 0.25) is 5.28 Å². The minimum Gasteiger partial charge on any atom is -0.210 e. The van der Waals surface area contributed by atoms with Crippen LogP contribution >= 0.6 is 34.7 Å². The molecule has 0 amide bonds. The van der Waals surface area contributed by atoms with Crippen molar-refractivity contribution in [2.45, 2.75) is 30.2 Å². The lowest BCUT2D eigenvalue weighted by atomic mass is 10.2. The van der Waals surface area contributed by atoms with Crippen molar-refractivity contribution >= 4 is 44.9 Å². The highest BCUT2D eigenvalue weighted by Gasteiger charge is 2.12. The summed E-state index contributed by atoms with van der Waals surface area (Å²) in [5.74, 6) is 0. The molecule has 3 aromatic rings. The SMILES string of the molecule is CCc1cc2c(Sc3ccccc3C)nc(Cl)nc2s1. The molecule has 0 saturated carbocycles. The number of aromatic nitrogens is 2. The summed E-state index contributed by atoms with van der Waals surface area (Å²) in [7, 11) is 0. The average Bonchev–Trinajstić information content (AvgIpc) is 2.84. The summed E-state index contributed by atoms with van der Waals surface area (Å²) in [5.41, 5.74) is 1.24. The van der Waals surface area contributed by atoms with Crippen LogP contribution < -0.4 is 0 Å². The van der Waals surface area contributed by atoms with Gasteiger partial charge < -0.3 is 0 Å². The van der Waals surface area contributed by atoms with Gasteiger partial charge in [0.25, 0.3) is 0 Å². The van der Waals surface area contributed by atoms with E-state index >= 15 is 0 Å². The number of halogens is 1. The predicted octanol–water partition coefficient (Wildman–Crippen LogP) is 5.37. The molecule has 0 aliphatic carbocycles. The van der Waals surface area contributed by atoms with Gasteiger partial charge in [-0.05, 0) is 42.6 Å². The fourth-order valence-corrected chi connectivity index (χ4v) is 4.23. The third kappa shape index (κ3) is 2.68. The molecule has 5 heteroatoms. The van der Waals surface area contributed by atoms with Gasteiger partial charge in [-0.1, -0.05) is 36.9 Å². The summed E-state index contributed by atoms with van der Waals surface area (Å²) < 4.78 is 0. The maximum atomic E-state index is 6.05. The molecule has 0 atom stereocenters. The van der Waals surface area contributed by atoms with Crippen molar-refractivity contribution in [3.8, 4) is 0 Å². The van der Waals surface area contributed by atoms with E-state index in [4.69, 9.17) is 11.6 Å². The van der Waals surface area contributed by atoms with Gasteiger partial charge in [-0.3, -0.25) is 0 Å². The van der Waals surface area contributed by atoms with Crippen molar-refractivity contribution in [1.29, 1.82) is 0 Å². The largest absolute Gasteiger partial charge is 0.224 e. The van der Waals surface area contributed by atoms with Gasteiger partial charge in [0, 0.05) is 15.2 Å². The number of fused-ring (bicyclic) bond motifs is 1. The van der Waals surface area contributed by atoms with E-state index in [-0.39, 0.29) is 0 Å². The molecule has 0 bridgehead atoms. The monoisotopic (exact) mass is 320 g/mol. The molecular weight excluding hydrogens is 308 g/mol. The molecule has 1 aromatic carbocycles. The number of nitrogens with zero attached hydrogens (tertiary/aromatic N) is 2. The molecule has 0 unspecified atom stereocenters. The van der Waals surface area contributed by atoms with Crippen LogP contribution in [0, 0.1) is 6.92 Å². The zero-order valence-electron chi connectivity index (χ0n) is 11.2. The summed E-state index contributed by atoms with van der Waals surface area (Å²) in [6.45, 7) is 4.25. The summed E-state index contributed by atoms with van der Waals surface area (Å²) in [5, 5.41) is 2.35. The maximum absolute atomic E-state index is 6.05. The fraction of sp³-hybridized carbons (Fsp3) is 0.200. The molecule has 3 rings (SSSR count). The highest BCUT2D eigenvalue weighted by atomic mass is 35.5. The number of hydrogen-bond acceptors (Lipinski definition) is 4. The molecule has 20 heavy (non-hydrogen) atoms. The molecule has 0 aliphatic heterocycles. The van der Waals surface area contributed by atoms with Crippen LogP contribution in [0.3, 0.4) is 0 Å². The quantitative estimate of drug-likeness (QED) is 0.479. The second-order valence-corrected chi connectivity index (χ2v) is 6.93. The van der Waals surface area contributed by atoms with E-state index in [1.807, 2.05) is 12.1 Å². The molecule has 0 fully saturated rings. The van der Waals surface area contributed by atoms with Gasteiger partial charge in [-0.25, -0.2) is 9.97 Å². The van der Waals surface area contributed by atoms with Crippen molar-refractivity contribution in [3.05, 3.63) is 46.1 Å². The van der Waals surface area contributed by atoms with Crippen LogP contribution in [-0.4, -0.2) is 9.97 Å². The van der Waals surface area contributed by atoms with Crippen molar-refractivity contribution < 1.29 is 0 Å². The zero-order chi connectivity index (χ0) is 14.1. The van der Waals surface area contributed by atoms with Crippen molar-refractivity contribution in [2.75, 3.05) is 0 Å². The van der Waals surface area contributed by atoms with E-state index in [2.05, 4.69) is 42.0 Å². The van der Waals surface area contributed by atoms with E-state index in [0.717, 1.165) is 21.7 Å². The first-order chi connectivity index (χ1) is 9.67. The Labute approximate surface area is 131 Å². The Morgan fingerprint density at radius 1 is 1.25 bits per heavy atom. The van der Waals surface area contributed by atoms with Crippen LogP contribution in [-0.2, 0) is 6.42 Å². The van der Waals surface area contributed by atoms with Crippen LogP contribution in [0.4, 0.5) is 0 Å². The second-order valence-electron chi connectivity index (χ2n) is 4.45. The average molecular weight is 321 g/mol. The van der Waals surface area contributed by atoms with Gasteiger partial charge in [-0.15, -0.1) is 11.3 Å². The highest BCUT2D eigenvalue weighted by Crippen LogP contribution is 2.37. The van der Waals surface area contributed by atoms with E-state index in [0.29, 0.717) is 5.28 Å². The first-order valence-corrected chi connectivity index (χ1v) is 8.38. The maximum Gasteiger partial charge on any atom is 0.224 e. The Hall–Kier alpha value is -1.10. The van der Waals surface area contributed by atoms with E-state index < -0.39 is 0 Å². The lowest BCUT2D eigenvalue weighted by Crippen LogP contribution is -1.87. The third-order valence-corrected chi connectivity index (χ3v) is 5.56. The Morgan fingerprint density at radius 2 is 2.05 bits per heavy atom. The lowest BCUT2D eigenvalue weighted by Gasteiger charge is -2.05. The normalized spacial score (nSPS) is 11.2. The number of benzene rings is 1. The van der Waals surface area contributed by atoms with Crippen molar-refractivity contribution in [1.82, 2.24) is 9.97 Å². The van der Waals surface area contributed by atoms with Crippen LogP contribution in [0.15, 0.2) is 40.3 Å². The van der Waals surface area contributed by atoms with Gasteiger partial charge in [0.15, 0.2) is 0 Å². The van der Waals surface area contributed by atoms with E-state index in [1.54, 1.807) is 23.1 Å². The lowest BCUT2D eigenvalue weighted by molar-refractivity contribution is 1.10. The van der Waals surface area contributed by atoms with E-state index in [1.165, 1.54) is 15.3 Å². The van der Waals surface area contributed by atoms with Crippen LogP contribution in [0.1, 0.15) is 17.4 Å². The number of thiophene rings is 1. The molecule has 0 N–H and O–H groups in total. The number of aryl methyl sites for hydroxylation is 2. The Morgan fingerprint density at radius 3 is 2.80 bits per heavy atom. The summed E-state index contributed by atoms with van der Waals surface area (Å²) in [4.78, 5) is 12.2. The predicted molar refractivity (Wildman–Crippen MR) is 87.1 cm³/mol. The molecule has 0 aliphatic rings. The van der Waals surface area contributed by atoms with Crippen LogP contribution in [0.25, 0.3) is 10.2 Å². The molecular formula is C15H13ClN2S2. The van der Waals surface area contributed by atoms with Crippen molar-refractivity contribution in [2.24, 2.45) is 0 Å².